The van der Waals surface area contributed by atoms with Gasteiger partial charge in [0.1, 0.15) is 0 Å². The molecule has 0 atom stereocenters. The van der Waals surface area contributed by atoms with Gasteiger partial charge in [-0.05, 0) is 0 Å². The van der Waals surface area contributed by atoms with Crippen LogP contribution in [0.5, 0.6) is 0 Å². The van der Waals surface area contributed by atoms with Gasteiger partial charge in [-0.15, -0.1) is 0 Å². The van der Waals surface area contributed by atoms with Crippen LogP contribution in [-0.2, 0) is 27.5 Å². The minimum atomic E-state index is -5.17. The van der Waals surface area contributed by atoms with E-state index in [1.54, 1.807) is 0 Å². The average Bonchev–Trinajstić information content (AvgIpc) is 1.61. The Balaban J connectivity index is -0.0000000383. The molecule has 0 bridgehead atoms. The summed E-state index contributed by atoms with van der Waals surface area (Å²) in [4.78, 5) is 0. The minimum Gasteiger partial charge on any atom is -0.759 e. The molecular formula is C2H12FeN3O4S+. The second-order valence-electron chi connectivity index (χ2n) is 0.986. The third-order valence-corrected chi connectivity index (χ3v) is 0.167. The Bertz CT molecular complexity index is 126. The van der Waals surface area contributed by atoms with Crippen molar-refractivity contribution in [3.63, 3.8) is 0 Å². The van der Waals surface area contributed by atoms with Crippen molar-refractivity contribution in [1.29, 1.82) is 0 Å². The Labute approximate surface area is 76.2 Å². The van der Waals surface area contributed by atoms with Gasteiger partial charge in [-0.25, -0.2) is 0 Å². The molecule has 0 aliphatic heterocycles. The summed E-state index contributed by atoms with van der Waals surface area (Å²) in [5.41, 5.74) is 9.81. The van der Waals surface area contributed by atoms with E-state index < -0.39 is 10.4 Å². The molecule has 0 aromatic heterocycles. The molecule has 72 valence electrons. The minimum absolute atomic E-state index is 0. The molecule has 0 fully saturated rings. The third kappa shape index (κ3) is 436. The fourth-order valence-corrected chi connectivity index (χ4v) is 0. The van der Waals surface area contributed by atoms with Crippen molar-refractivity contribution in [3.8, 4) is 0 Å². The van der Waals surface area contributed by atoms with Gasteiger partial charge in [0.25, 0.3) is 0 Å². The zero-order valence-electron chi connectivity index (χ0n) is 5.96. The van der Waals surface area contributed by atoms with Crippen molar-refractivity contribution in [2.75, 3.05) is 13.1 Å². The van der Waals surface area contributed by atoms with E-state index in [-0.39, 0.29) is 23.2 Å². The smallest absolute Gasteiger partial charge is 0.759 e. The van der Waals surface area contributed by atoms with E-state index >= 15 is 0 Å². The molecule has 7 nitrogen and oxygen atoms in total. The predicted molar refractivity (Wildman–Crippen MR) is 34.6 cm³/mol. The van der Waals surface area contributed by atoms with Crippen molar-refractivity contribution >= 4 is 10.4 Å². The van der Waals surface area contributed by atoms with Gasteiger partial charge in [0.15, 0.2) is 0 Å². The SMILES string of the molecule is NCCN.O=S(=O)([O-])[O-].[Fe+2].[NH4+]. The van der Waals surface area contributed by atoms with Crippen LogP contribution in [0.3, 0.4) is 0 Å². The standard InChI is InChI=1S/C2H8N2.Fe.H3N.H2O4S/c3-1-2-4;;;1-5(2,3)4/h1-4H2;;1H3;(H2,1,2,3,4)/q;+2;;/p-1. The van der Waals surface area contributed by atoms with Crippen LogP contribution in [0.15, 0.2) is 0 Å². The van der Waals surface area contributed by atoms with Gasteiger partial charge in [0, 0.05) is 23.5 Å². The first kappa shape index (κ1) is 22.5. The van der Waals surface area contributed by atoms with E-state index in [9.17, 15) is 0 Å². The summed E-state index contributed by atoms with van der Waals surface area (Å²) in [6, 6.07) is 0. The van der Waals surface area contributed by atoms with Crippen molar-refractivity contribution in [1.82, 2.24) is 6.15 Å². The van der Waals surface area contributed by atoms with Gasteiger partial charge in [0.05, 0.1) is 0 Å². The van der Waals surface area contributed by atoms with E-state index in [0.717, 1.165) is 0 Å². The molecule has 11 heavy (non-hydrogen) atoms. The van der Waals surface area contributed by atoms with Crippen LogP contribution < -0.4 is 17.6 Å². The summed E-state index contributed by atoms with van der Waals surface area (Å²) in [6.07, 6.45) is 0. The third-order valence-electron chi connectivity index (χ3n) is 0.167. The summed E-state index contributed by atoms with van der Waals surface area (Å²) in [7, 11) is -5.17. The number of rotatable bonds is 1. The van der Waals surface area contributed by atoms with Crippen LogP contribution in [-0.4, -0.2) is 30.6 Å². The second-order valence-corrected chi connectivity index (χ2v) is 1.80. The monoisotopic (exact) mass is 230 g/mol. The van der Waals surface area contributed by atoms with Crippen LogP contribution in [0.4, 0.5) is 0 Å². The largest absolute Gasteiger partial charge is 2.00 e. The normalized spacial score (nSPS) is 8.00. The quantitative estimate of drug-likeness (QED) is 0.265. The molecule has 0 aliphatic carbocycles. The molecule has 0 aromatic rings. The number of hydrogen-bond donors (Lipinski definition) is 3. The van der Waals surface area contributed by atoms with E-state index in [4.69, 9.17) is 29.0 Å². The number of quaternary nitrogens is 1. The Kier molecular flexibility index (Phi) is 26.4. The van der Waals surface area contributed by atoms with Gasteiger partial charge in [0.2, 0.25) is 0 Å². The zero-order valence-corrected chi connectivity index (χ0v) is 7.88. The maximum atomic E-state index is 8.52. The van der Waals surface area contributed by atoms with Gasteiger partial charge in [-0.1, -0.05) is 0 Å². The van der Waals surface area contributed by atoms with Crippen molar-refractivity contribution < 1.29 is 34.6 Å². The molecule has 0 rings (SSSR count). The molecule has 0 unspecified atom stereocenters. The fourth-order valence-electron chi connectivity index (χ4n) is 0. The first-order valence-corrected chi connectivity index (χ1v) is 3.32. The number of nitrogens with two attached hydrogens (primary N) is 2. The predicted octanol–water partition coefficient (Wildman–Crippen LogP) is -2.06. The maximum absolute atomic E-state index is 8.52. The van der Waals surface area contributed by atoms with Crippen LogP contribution in [0.25, 0.3) is 0 Å². The van der Waals surface area contributed by atoms with E-state index in [0.29, 0.717) is 13.1 Å². The molecule has 0 aromatic carbocycles. The zero-order chi connectivity index (χ0) is 7.91. The summed E-state index contributed by atoms with van der Waals surface area (Å²) < 4.78 is 34.1. The molecule has 0 heterocycles. The molecule has 8 N–H and O–H groups in total. The first-order chi connectivity index (χ1) is 3.91. The van der Waals surface area contributed by atoms with Gasteiger partial charge >= 0.3 is 17.1 Å². The summed E-state index contributed by atoms with van der Waals surface area (Å²) in [5.74, 6) is 0. The fraction of sp³-hybridized carbons (Fsp3) is 1.00. The molecule has 0 amide bonds. The van der Waals surface area contributed by atoms with Gasteiger partial charge in [-0.3, -0.25) is 8.42 Å². The Morgan fingerprint density at radius 2 is 1.18 bits per heavy atom. The van der Waals surface area contributed by atoms with Crippen molar-refractivity contribution in [2.24, 2.45) is 11.5 Å². The van der Waals surface area contributed by atoms with E-state index in [1.165, 1.54) is 0 Å². The number of hydrogen-bond acceptors (Lipinski definition) is 6. The van der Waals surface area contributed by atoms with E-state index in [2.05, 4.69) is 0 Å². The Morgan fingerprint density at radius 3 is 1.18 bits per heavy atom. The molecule has 9 heteroatoms. The molecule has 0 spiro atoms. The molecular weight excluding hydrogens is 218 g/mol. The summed E-state index contributed by atoms with van der Waals surface area (Å²) in [5, 5.41) is 0. The maximum Gasteiger partial charge on any atom is 2.00 e. The van der Waals surface area contributed by atoms with Crippen LogP contribution in [0.2, 0.25) is 0 Å². The first-order valence-electron chi connectivity index (χ1n) is 1.98. The Morgan fingerprint density at radius 1 is 1.09 bits per heavy atom. The topological polar surface area (TPSA) is 169 Å². The molecule has 0 saturated heterocycles. The van der Waals surface area contributed by atoms with Crippen LogP contribution in [0.1, 0.15) is 0 Å². The summed E-state index contributed by atoms with van der Waals surface area (Å²) >= 11 is 0. The van der Waals surface area contributed by atoms with Crippen molar-refractivity contribution in [2.45, 2.75) is 0 Å². The molecule has 0 saturated carbocycles. The van der Waals surface area contributed by atoms with Crippen LogP contribution in [0, 0.1) is 0 Å². The second kappa shape index (κ2) is 12.9. The molecule has 0 aliphatic rings. The van der Waals surface area contributed by atoms with Gasteiger partial charge < -0.3 is 26.7 Å². The average molecular weight is 230 g/mol. The van der Waals surface area contributed by atoms with Gasteiger partial charge in [-0.2, -0.15) is 0 Å². The van der Waals surface area contributed by atoms with Crippen molar-refractivity contribution in [3.05, 3.63) is 0 Å². The summed E-state index contributed by atoms with van der Waals surface area (Å²) in [6.45, 7) is 1.19. The Hall–Kier alpha value is 0.269. The molecule has 0 radical (unpaired) electrons. The van der Waals surface area contributed by atoms with Crippen LogP contribution >= 0.6 is 0 Å². The van der Waals surface area contributed by atoms with E-state index in [1.807, 2.05) is 0 Å².